The van der Waals surface area contributed by atoms with Crippen molar-refractivity contribution in [1.29, 1.82) is 0 Å². The third kappa shape index (κ3) is 4.00. The van der Waals surface area contributed by atoms with E-state index in [1.807, 2.05) is 27.7 Å². The number of hydrogen-bond donors (Lipinski definition) is 2. The summed E-state index contributed by atoms with van der Waals surface area (Å²) >= 11 is 0. The van der Waals surface area contributed by atoms with E-state index in [9.17, 15) is 9.59 Å². The first-order chi connectivity index (χ1) is 13.7. The maximum atomic E-state index is 12.5. The minimum absolute atomic E-state index is 0.0730. The SMILES string of the molecule is O=C(NCCn1cnc2cc(C(=O)N3CCCC3)ccc21)NCc1ccco1. The number of nitrogens with one attached hydrogen (secondary N) is 2. The zero-order chi connectivity index (χ0) is 19.3. The summed E-state index contributed by atoms with van der Waals surface area (Å²) in [5.74, 6) is 0.777. The van der Waals surface area contributed by atoms with Crippen LogP contribution in [0.15, 0.2) is 47.3 Å². The molecule has 0 unspecified atom stereocenters. The number of amides is 3. The maximum absolute atomic E-state index is 12.5. The average Bonchev–Trinajstić information content (AvgIpc) is 3.47. The molecule has 4 rings (SSSR count). The molecule has 0 bridgehead atoms. The Balaban J connectivity index is 1.31. The van der Waals surface area contributed by atoms with Gasteiger partial charge in [-0.1, -0.05) is 0 Å². The molecule has 1 aromatic carbocycles. The van der Waals surface area contributed by atoms with Crippen LogP contribution in [0.2, 0.25) is 0 Å². The van der Waals surface area contributed by atoms with Crippen LogP contribution in [-0.2, 0) is 13.1 Å². The summed E-state index contributed by atoms with van der Waals surface area (Å²) in [5.41, 5.74) is 2.40. The lowest BCUT2D eigenvalue weighted by atomic mass is 10.1. The minimum atomic E-state index is -0.251. The zero-order valence-corrected chi connectivity index (χ0v) is 15.6. The molecular weight excluding hydrogens is 358 g/mol. The monoisotopic (exact) mass is 381 g/mol. The summed E-state index contributed by atoms with van der Waals surface area (Å²) in [6.45, 7) is 3.06. The van der Waals surface area contributed by atoms with Gasteiger partial charge in [0, 0.05) is 31.7 Å². The van der Waals surface area contributed by atoms with Crippen molar-refractivity contribution in [2.45, 2.75) is 25.9 Å². The predicted molar refractivity (Wildman–Crippen MR) is 104 cm³/mol. The fourth-order valence-electron chi connectivity index (χ4n) is 3.41. The van der Waals surface area contributed by atoms with E-state index >= 15 is 0 Å². The van der Waals surface area contributed by atoms with E-state index in [4.69, 9.17) is 4.42 Å². The van der Waals surface area contributed by atoms with Crippen LogP contribution < -0.4 is 10.6 Å². The van der Waals surface area contributed by atoms with Crippen molar-refractivity contribution in [1.82, 2.24) is 25.1 Å². The lowest BCUT2D eigenvalue weighted by Gasteiger charge is -2.15. The third-order valence-corrected chi connectivity index (χ3v) is 4.90. The predicted octanol–water partition coefficient (Wildman–Crippen LogP) is 2.36. The molecule has 3 aromatic rings. The van der Waals surface area contributed by atoms with E-state index in [2.05, 4.69) is 15.6 Å². The van der Waals surface area contributed by atoms with Crippen molar-refractivity contribution in [3.63, 3.8) is 0 Å². The van der Waals surface area contributed by atoms with Gasteiger partial charge in [0.1, 0.15) is 5.76 Å². The van der Waals surface area contributed by atoms with Crippen LogP contribution in [0.3, 0.4) is 0 Å². The first kappa shape index (κ1) is 18.1. The van der Waals surface area contributed by atoms with Gasteiger partial charge >= 0.3 is 6.03 Å². The molecule has 146 valence electrons. The van der Waals surface area contributed by atoms with Gasteiger partial charge < -0.3 is 24.5 Å². The Bertz CT molecular complexity index is 958. The number of benzene rings is 1. The second-order valence-corrected chi connectivity index (χ2v) is 6.83. The normalized spacial score (nSPS) is 13.8. The number of aromatic nitrogens is 2. The molecule has 0 spiro atoms. The Morgan fingerprint density at radius 1 is 1.14 bits per heavy atom. The molecular formula is C20H23N5O3. The van der Waals surface area contributed by atoms with E-state index in [0.717, 1.165) is 37.0 Å². The van der Waals surface area contributed by atoms with Crippen LogP contribution in [0.25, 0.3) is 11.0 Å². The van der Waals surface area contributed by atoms with Crippen molar-refractivity contribution < 1.29 is 14.0 Å². The number of nitrogens with zero attached hydrogens (tertiary/aromatic N) is 3. The molecule has 3 amide bonds. The summed E-state index contributed by atoms with van der Waals surface area (Å²) in [5, 5.41) is 5.55. The van der Waals surface area contributed by atoms with Gasteiger partial charge in [0.25, 0.3) is 5.91 Å². The van der Waals surface area contributed by atoms with Gasteiger partial charge in [0.2, 0.25) is 0 Å². The second-order valence-electron chi connectivity index (χ2n) is 6.83. The number of urea groups is 1. The van der Waals surface area contributed by atoms with E-state index in [1.165, 1.54) is 0 Å². The van der Waals surface area contributed by atoms with Crippen LogP contribution >= 0.6 is 0 Å². The van der Waals surface area contributed by atoms with E-state index in [-0.39, 0.29) is 11.9 Å². The molecule has 28 heavy (non-hydrogen) atoms. The number of imidazole rings is 1. The van der Waals surface area contributed by atoms with Crippen molar-refractivity contribution >= 4 is 23.0 Å². The summed E-state index contributed by atoms with van der Waals surface area (Å²) in [6, 6.07) is 8.95. The topological polar surface area (TPSA) is 92.4 Å². The highest BCUT2D eigenvalue weighted by molar-refractivity contribution is 5.97. The standard InChI is InChI=1S/C20H23N5O3/c26-19(24-8-1-2-9-24)15-5-6-18-17(12-15)23-14-25(18)10-7-21-20(27)22-13-16-4-3-11-28-16/h3-6,11-12,14H,1-2,7-10,13H2,(H2,21,22,27). The molecule has 0 saturated carbocycles. The highest BCUT2D eigenvalue weighted by Gasteiger charge is 2.20. The van der Waals surface area contributed by atoms with E-state index in [1.54, 1.807) is 24.7 Å². The van der Waals surface area contributed by atoms with Gasteiger partial charge in [-0.05, 0) is 43.2 Å². The fraction of sp³-hybridized carbons (Fsp3) is 0.350. The minimum Gasteiger partial charge on any atom is -0.467 e. The van der Waals surface area contributed by atoms with Crippen LogP contribution in [0.4, 0.5) is 4.79 Å². The lowest BCUT2D eigenvalue weighted by Crippen LogP contribution is -2.36. The Hall–Kier alpha value is -3.29. The Kier molecular flexibility index (Phi) is 5.27. The van der Waals surface area contributed by atoms with Gasteiger partial charge in [-0.25, -0.2) is 9.78 Å². The van der Waals surface area contributed by atoms with Crippen LogP contribution in [0, 0.1) is 0 Å². The summed E-state index contributed by atoms with van der Waals surface area (Å²) in [7, 11) is 0. The summed E-state index contributed by atoms with van der Waals surface area (Å²) in [6.07, 6.45) is 5.45. The average molecular weight is 381 g/mol. The molecule has 1 saturated heterocycles. The fourth-order valence-corrected chi connectivity index (χ4v) is 3.41. The number of fused-ring (bicyclic) bond motifs is 1. The van der Waals surface area contributed by atoms with Crippen molar-refractivity contribution in [2.75, 3.05) is 19.6 Å². The highest BCUT2D eigenvalue weighted by atomic mass is 16.3. The van der Waals surface area contributed by atoms with Gasteiger partial charge in [-0.15, -0.1) is 0 Å². The lowest BCUT2D eigenvalue weighted by molar-refractivity contribution is 0.0793. The van der Waals surface area contributed by atoms with Crippen LogP contribution in [0.5, 0.6) is 0 Å². The number of rotatable bonds is 6. The molecule has 1 fully saturated rings. The van der Waals surface area contributed by atoms with E-state index in [0.29, 0.717) is 31.0 Å². The molecule has 0 radical (unpaired) electrons. The summed E-state index contributed by atoms with van der Waals surface area (Å²) in [4.78, 5) is 30.7. The Labute approximate surface area is 162 Å². The van der Waals surface area contributed by atoms with Gasteiger partial charge in [-0.3, -0.25) is 4.79 Å². The molecule has 0 atom stereocenters. The summed E-state index contributed by atoms with van der Waals surface area (Å²) < 4.78 is 7.14. The molecule has 8 heteroatoms. The third-order valence-electron chi connectivity index (χ3n) is 4.90. The van der Waals surface area contributed by atoms with Gasteiger partial charge in [0.15, 0.2) is 0 Å². The molecule has 1 aliphatic heterocycles. The molecule has 0 aliphatic carbocycles. The first-order valence-corrected chi connectivity index (χ1v) is 9.49. The molecule has 3 heterocycles. The molecule has 1 aliphatic rings. The van der Waals surface area contributed by atoms with Gasteiger partial charge in [0.05, 0.1) is 30.2 Å². The van der Waals surface area contributed by atoms with Crippen molar-refractivity contribution in [2.24, 2.45) is 0 Å². The maximum Gasteiger partial charge on any atom is 0.315 e. The van der Waals surface area contributed by atoms with Crippen molar-refractivity contribution in [3.8, 4) is 0 Å². The quantitative estimate of drug-likeness (QED) is 0.686. The number of hydrogen-bond acceptors (Lipinski definition) is 4. The number of carbonyl (C=O) groups is 2. The van der Waals surface area contributed by atoms with Crippen molar-refractivity contribution in [3.05, 3.63) is 54.2 Å². The zero-order valence-electron chi connectivity index (χ0n) is 15.6. The van der Waals surface area contributed by atoms with Crippen LogP contribution in [0.1, 0.15) is 29.0 Å². The van der Waals surface area contributed by atoms with Gasteiger partial charge in [-0.2, -0.15) is 0 Å². The Morgan fingerprint density at radius 3 is 2.79 bits per heavy atom. The smallest absolute Gasteiger partial charge is 0.315 e. The number of carbonyl (C=O) groups excluding carboxylic acids is 2. The highest BCUT2D eigenvalue weighted by Crippen LogP contribution is 2.18. The largest absolute Gasteiger partial charge is 0.467 e. The molecule has 8 nitrogen and oxygen atoms in total. The molecule has 2 aromatic heterocycles. The number of likely N-dealkylation sites (tertiary alicyclic amines) is 1. The number of furan rings is 1. The van der Waals surface area contributed by atoms with Crippen LogP contribution in [-0.4, -0.2) is 46.0 Å². The Morgan fingerprint density at radius 2 is 2.00 bits per heavy atom. The van der Waals surface area contributed by atoms with E-state index < -0.39 is 0 Å². The molecule has 2 N–H and O–H groups in total. The first-order valence-electron chi connectivity index (χ1n) is 9.49. The second kappa shape index (κ2) is 8.16.